The van der Waals surface area contributed by atoms with E-state index in [2.05, 4.69) is 72.7 Å². The smallest absolute Gasteiger partial charge is 0.0746 e. The summed E-state index contributed by atoms with van der Waals surface area (Å²) in [5.41, 5.74) is 4.95. The highest BCUT2D eigenvalue weighted by atomic mass is 14.9. The average molecular weight is 276 g/mol. The summed E-state index contributed by atoms with van der Waals surface area (Å²) in [7, 11) is 0. The zero-order valence-electron chi connectivity index (χ0n) is 12.5. The Morgan fingerprint density at radius 3 is 2.71 bits per heavy atom. The largest absolute Gasteiger partial charge is 0.306 e. The van der Waals surface area contributed by atoms with Crippen molar-refractivity contribution in [2.45, 2.75) is 26.4 Å². The molecule has 3 aromatic rings. The molecule has 0 bridgehead atoms. The summed E-state index contributed by atoms with van der Waals surface area (Å²) in [5.74, 6) is 0. The maximum atomic E-state index is 4.51. The lowest BCUT2D eigenvalue weighted by Gasteiger charge is -2.15. The zero-order chi connectivity index (χ0) is 14.7. The first kappa shape index (κ1) is 13.8. The fourth-order valence-corrected chi connectivity index (χ4v) is 2.63. The van der Waals surface area contributed by atoms with Crippen LogP contribution in [0.4, 0.5) is 0 Å². The van der Waals surface area contributed by atoms with Crippen LogP contribution < -0.4 is 5.32 Å². The number of para-hydroxylation sites is 1. The molecule has 1 unspecified atom stereocenters. The zero-order valence-corrected chi connectivity index (χ0v) is 12.5. The van der Waals surface area contributed by atoms with Crippen molar-refractivity contribution in [3.8, 4) is 0 Å². The second-order valence-electron chi connectivity index (χ2n) is 5.51. The van der Waals surface area contributed by atoms with Crippen LogP contribution in [0.25, 0.3) is 10.9 Å². The first-order chi connectivity index (χ1) is 10.2. The quantitative estimate of drug-likeness (QED) is 0.764. The van der Waals surface area contributed by atoms with Crippen molar-refractivity contribution in [1.29, 1.82) is 0 Å². The Bertz CT molecular complexity index is 744. The van der Waals surface area contributed by atoms with Gasteiger partial charge in [-0.05, 0) is 31.0 Å². The van der Waals surface area contributed by atoms with Gasteiger partial charge in [-0.1, -0.05) is 54.1 Å². The molecule has 21 heavy (non-hydrogen) atoms. The van der Waals surface area contributed by atoms with Gasteiger partial charge >= 0.3 is 0 Å². The number of rotatable bonds is 4. The third-order valence-corrected chi connectivity index (χ3v) is 3.86. The van der Waals surface area contributed by atoms with E-state index in [1.54, 1.807) is 0 Å². The predicted molar refractivity (Wildman–Crippen MR) is 88.2 cm³/mol. The van der Waals surface area contributed by atoms with E-state index in [4.69, 9.17) is 0 Å². The highest BCUT2D eigenvalue weighted by Gasteiger charge is 2.07. The average Bonchev–Trinajstić information content (AvgIpc) is 2.52. The molecule has 2 aromatic carbocycles. The summed E-state index contributed by atoms with van der Waals surface area (Å²) in [6.45, 7) is 5.15. The van der Waals surface area contributed by atoms with Crippen LogP contribution in [0.2, 0.25) is 0 Å². The molecule has 0 aliphatic carbocycles. The number of benzene rings is 2. The van der Waals surface area contributed by atoms with E-state index < -0.39 is 0 Å². The Hall–Kier alpha value is -2.19. The number of aromatic nitrogens is 1. The number of fused-ring (bicyclic) bond motifs is 1. The van der Waals surface area contributed by atoms with E-state index in [0.29, 0.717) is 6.04 Å². The Kier molecular flexibility index (Phi) is 3.98. The van der Waals surface area contributed by atoms with Crippen LogP contribution in [-0.4, -0.2) is 4.98 Å². The van der Waals surface area contributed by atoms with Crippen LogP contribution >= 0.6 is 0 Å². The van der Waals surface area contributed by atoms with Crippen LogP contribution in [0.3, 0.4) is 0 Å². The number of aryl methyl sites for hydroxylation is 1. The van der Waals surface area contributed by atoms with Crippen molar-refractivity contribution in [2.75, 3.05) is 0 Å². The number of pyridine rings is 1. The van der Waals surface area contributed by atoms with Crippen molar-refractivity contribution in [3.05, 3.63) is 77.5 Å². The molecule has 2 nitrogen and oxygen atoms in total. The summed E-state index contributed by atoms with van der Waals surface area (Å²) in [6.07, 6.45) is 1.86. The summed E-state index contributed by atoms with van der Waals surface area (Å²) in [4.78, 5) is 4.51. The molecule has 1 aromatic heterocycles. The minimum atomic E-state index is 0.323. The fourth-order valence-electron chi connectivity index (χ4n) is 2.63. The van der Waals surface area contributed by atoms with Gasteiger partial charge in [-0.15, -0.1) is 0 Å². The molecule has 106 valence electrons. The maximum Gasteiger partial charge on any atom is 0.0746 e. The van der Waals surface area contributed by atoms with Gasteiger partial charge in [-0.2, -0.15) is 0 Å². The normalized spacial score (nSPS) is 12.5. The third-order valence-electron chi connectivity index (χ3n) is 3.86. The molecule has 1 N–H and O–H groups in total. The van der Waals surface area contributed by atoms with E-state index in [9.17, 15) is 0 Å². The van der Waals surface area contributed by atoms with Gasteiger partial charge in [0.25, 0.3) is 0 Å². The van der Waals surface area contributed by atoms with Crippen LogP contribution in [0.5, 0.6) is 0 Å². The molecule has 0 aliphatic heterocycles. The second-order valence-corrected chi connectivity index (χ2v) is 5.51. The van der Waals surface area contributed by atoms with Gasteiger partial charge < -0.3 is 5.32 Å². The van der Waals surface area contributed by atoms with Crippen molar-refractivity contribution in [2.24, 2.45) is 0 Å². The van der Waals surface area contributed by atoms with E-state index in [0.717, 1.165) is 12.1 Å². The first-order valence-electron chi connectivity index (χ1n) is 7.36. The Morgan fingerprint density at radius 2 is 1.86 bits per heavy atom. The van der Waals surface area contributed by atoms with Crippen LogP contribution in [0.1, 0.15) is 29.7 Å². The van der Waals surface area contributed by atoms with E-state index in [1.807, 2.05) is 12.3 Å². The summed E-state index contributed by atoms with van der Waals surface area (Å²) >= 11 is 0. The SMILES string of the molecule is Cc1cccc(C(C)NCc2cccc3cccnc23)c1. The Morgan fingerprint density at radius 1 is 1.05 bits per heavy atom. The molecule has 0 aliphatic rings. The monoisotopic (exact) mass is 276 g/mol. The highest BCUT2D eigenvalue weighted by molar-refractivity contribution is 5.81. The van der Waals surface area contributed by atoms with Gasteiger partial charge in [0.15, 0.2) is 0 Å². The van der Waals surface area contributed by atoms with Crippen molar-refractivity contribution >= 4 is 10.9 Å². The topological polar surface area (TPSA) is 24.9 Å². The maximum absolute atomic E-state index is 4.51. The number of hydrogen-bond donors (Lipinski definition) is 1. The lowest BCUT2D eigenvalue weighted by molar-refractivity contribution is 0.576. The molecule has 1 atom stereocenters. The Labute approximate surface area is 125 Å². The third kappa shape index (κ3) is 3.11. The van der Waals surface area contributed by atoms with E-state index in [-0.39, 0.29) is 0 Å². The standard InChI is InChI=1S/C19H20N2/c1-14-6-3-8-17(12-14)15(2)21-13-18-9-4-7-16-10-5-11-20-19(16)18/h3-12,15,21H,13H2,1-2H3. The first-order valence-corrected chi connectivity index (χ1v) is 7.36. The summed E-state index contributed by atoms with van der Waals surface area (Å²) in [6, 6.07) is 19.4. The molecular weight excluding hydrogens is 256 g/mol. The lowest BCUT2D eigenvalue weighted by atomic mass is 10.0. The van der Waals surface area contributed by atoms with Gasteiger partial charge in [-0.25, -0.2) is 0 Å². The molecule has 0 radical (unpaired) electrons. The molecule has 1 heterocycles. The molecule has 0 fully saturated rings. The summed E-state index contributed by atoms with van der Waals surface area (Å²) < 4.78 is 0. The number of nitrogens with zero attached hydrogens (tertiary/aromatic N) is 1. The lowest BCUT2D eigenvalue weighted by Crippen LogP contribution is -2.18. The minimum absolute atomic E-state index is 0.323. The number of hydrogen-bond acceptors (Lipinski definition) is 2. The predicted octanol–water partition coefficient (Wildman–Crippen LogP) is 4.39. The van der Waals surface area contributed by atoms with Gasteiger partial charge in [-0.3, -0.25) is 4.98 Å². The van der Waals surface area contributed by atoms with Crippen molar-refractivity contribution in [3.63, 3.8) is 0 Å². The van der Waals surface area contributed by atoms with Gasteiger partial charge in [0.05, 0.1) is 5.52 Å². The second kappa shape index (κ2) is 6.06. The minimum Gasteiger partial charge on any atom is -0.306 e. The number of nitrogens with one attached hydrogen (secondary N) is 1. The highest BCUT2D eigenvalue weighted by Crippen LogP contribution is 2.18. The molecule has 2 heteroatoms. The van der Waals surface area contributed by atoms with Crippen molar-refractivity contribution < 1.29 is 0 Å². The Balaban J connectivity index is 1.77. The fraction of sp³-hybridized carbons (Fsp3) is 0.211. The molecule has 0 saturated carbocycles. The van der Waals surface area contributed by atoms with Crippen LogP contribution in [-0.2, 0) is 6.54 Å². The molecule has 0 saturated heterocycles. The summed E-state index contributed by atoms with van der Waals surface area (Å²) in [5, 5.41) is 4.79. The van der Waals surface area contributed by atoms with Crippen LogP contribution in [0.15, 0.2) is 60.8 Å². The molecule has 0 amide bonds. The van der Waals surface area contributed by atoms with Gasteiger partial charge in [0.1, 0.15) is 0 Å². The molecule has 0 spiro atoms. The van der Waals surface area contributed by atoms with Gasteiger partial charge in [0, 0.05) is 24.2 Å². The van der Waals surface area contributed by atoms with Crippen LogP contribution in [0, 0.1) is 6.92 Å². The molecular formula is C19H20N2. The van der Waals surface area contributed by atoms with Crippen molar-refractivity contribution in [1.82, 2.24) is 10.3 Å². The van der Waals surface area contributed by atoms with E-state index in [1.165, 1.54) is 22.1 Å². The molecule has 3 rings (SSSR count). The van der Waals surface area contributed by atoms with E-state index >= 15 is 0 Å². The van der Waals surface area contributed by atoms with Gasteiger partial charge in [0.2, 0.25) is 0 Å².